The number of halogens is 2. The van der Waals surface area contributed by atoms with Gasteiger partial charge in [0.05, 0.1) is 10.0 Å². The van der Waals surface area contributed by atoms with Crippen LogP contribution >= 0.6 is 23.2 Å². The van der Waals surface area contributed by atoms with Gasteiger partial charge >= 0.3 is 0 Å². The summed E-state index contributed by atoms with van der Waals surface area (Å²) in [4.78, 5) is 12.9. The average molecular weight is 301 g/mol. The van der Waals surface area contributed by atoms with Crippen LogP contribution in [0.1, 0.15) is 24.8 Å². The van der Waals surface area contributed by atoms with Crippen LogP contribution in [0.2, 0.25) is 10.0 Å². The summed E-state index contributed by atoms with van der Waals surface area (Å²) in [7, 11) is 0. The van der Waals surface area contributed by atoms with E-state index in [9.17, 15) is 9.90 Å². The van der Waals surface area contributed by atoms with Crippen LogP contribution in [0, 0.1) is 5.92 Å². The highest BCUT2D eigenvalue weighted by Gasteiger charge is 2.19. The quantitative estimate of drug-likeness (QED) is 0.857. The molecule has 1 aromatic rings. The lowest BCUT2D eigenvalue weighted by Gasteiger charge is -2.32. The van der Waals surface area contributed by atoms with Crippen molar-refractivity contribution in [2.24, 2.45) is 5.92 Å². The molecule has 1 heterocycles. The Morgan fingerprint density at radius 3 is 2.53 bits per heavy atom. The molecule has 0 atom stereocenters. The van der Waals surface area contributed by atoms with Gasteiger partial charge in [-0.1, -0.05) is 29.3 Å². The lowest BCUT2D eigenvalue weighted by molar-refractivity contribution is -0.307. The molecule has 3 nitrogen and oxygen atoms in total. The van der Waals surface area contributed by atoms with Gasteiger partial charge in [-0.15, -0.1) is 0 Å². The zero-order valence-corrected chi connectivity index (χ0v) is 12.1. The van der Waals surface area contributed by atoms with Gasteiger partial charge in [0.1, 0.15) is 0 Å². The number of carboxylic acid groups (broad SMARTS) is 1. The Kier molecular flexibility index (Phi) is 5.08. The van der Waals surface area contributed by atoms with Gasteiger partial charge in [0.25, 0.3) is 0 Å². The Hall–Kier alpha value is -0.770. The summed E-state index contributed by atoms with van der Waals surface area (Å²) in [5.74, 6) is -0.682. The van der Waals surface area contributed by atoms with Crippen LogP contribution in [-0.2, 0) is 11.3 Å². The third-order valence-electron chi connectivity index (χ3n) is 3.55. The molecule has 1 aliphatic rings. The van der Waals surface area contributed by atoms with Crippen molar-refractivity contribution in [3.05, 3.63) is 33.8 Å². The number of benzene rings is 1. The second kappa shape index (κ2) is 6.60. The van der Waals surface area contributed by atoms with E-state index in [0.717, 1.165) is 38.0 Å². The van der Waals surface area contributed by atoms with Gasteiger partial charge < -0.3 is 9.90 Å². The molecule has 1 aromatic carbocycles. The van der Waals surface area contributed by atoms with Crippen molar-refractivity contribution >= 4 is 29.2 Å². The van der Waals surface area contributed by atoms with Crippen LogP contribution in [0.15, 0.2) is 18.2 Å². The third-order valence-corrected chi connectivity index (χ3v) is 4.29. The molecule has 19 heavy (non-hydrogen) atoms. The van der Waals surface area contributed by atoms with Gasteiger partial charge in [-0.25, -0.2) is 0 Å². The SMILES string of the molecule is O=C([O-])CC1CCN(Cc2ccc(Cl)c(Cl)c2)CC1. The van der Waals surface area contributed by atoms with Crippen molar-refractivity contribution in [2.45, 2.75) is 25.8 Å². The van der Waals surface area contributed by atoms with Crippen molar-refractivity contribution in [3.8, 4) is 0 Å². The molecule has 1 aliphatic heterocycles. The average Bonchev–Trinajstić information content (AvgIpc) is 2.36. The van der Waals surface area contributed by atoms with Crippen LogP contribution in [0.5, 0.6) is 0 Å². The Balaban J connectivity index is 1.85. The molecule has 1 fully saturated rings. The first-order chi connectivity index (χ1) is 9.04. The predicted octanol–water partition coefficient (Wildman–Crippen LogP) is 2.35. The number of rotatable bonds is 4. The zero-order valence-electron chi connectivity index (χ0n) is 10.6. The monoisotopic (exact) mass is 300 g/mol. The number of piperidine rings is 1. The number of hydrogen-bond acceptors (Lipinski definition) is 3. The fraction of sp³-hybridized carbons (Fsp3) is 0.500. The summed E-state index contributed by atoms with van der Waals surface area (Å²) in [5, 5.41) is 11.7. The molecule has 5 heteroatoms. The van der Waals surface area contributed by atoms with Crippen molar-refractivity contribution in [3.63, 3.8) is 0 Å². The van der Waals surface area contributed by atoms with E-state index >= 15 is 0 Å². The van der Waals surface area contributed by atoms with Crippen molar-refractivity contribution < 1.29 is 9.90 Å². The summed E-state index contributed by atoms with van der Waals surface area (Å²) in [6.07, 6.45) is 2.01. The molecule has 0 aromatic heterocycles. The summed E-state index contributed by atoms with van der Waals surface area (Å²) >= 11 is 11.9. The van der Waals surface area contributed by atoms with E-state index < -0.39 is 5.97 Å². The molecule has 0 saturated carbocycles. The maximum Gasteiger partial charge on any atom is 0.0595 e. The van der Waals surface area contributed by atoms with Gasteiger partial charge in [-0.2, -0.15) is 0 Å². The van der Waals surface area contributed by atoms with Crippen molar-refractivity contribution in [1.82, 2.24) is 4.90 Å². The maximum absolute atomic E-state index is 10.6. The van der Waals surface area contributed by atoms with E-state index in [1.165, 1.54) is 0 Å². The van der Waals surface area contributed by atoms with Gasteiger partial charge in [0, 0.05) is 12.5 Å². The Bertz CT molecular complexity index is 457. The molecule has 0 unspecified atom stereocenters. The number of hydrogen-bond donors (Lipinski definition) is 0. The van der Waals surface area contributed by atoms with Gasteiger partial charge in [0.2, 0.25) is 0 Å². The van der Waals surface area contributed by atoms with Crippen molar-refractivity contribution in [2.75, 3.05) is 13.1 Å². The lowest BCUT2D eigenvalue weighted by atomic mass is 9.93. The van der Waals surface area contributed by atoms with E-state index in [2.05, 4.69) is 4.90 Å². The molecular formula is C14H16Cl2NO2-. The highest BCUT2D eigenvalue weighted by molar-refractivity contribution is 6.42. The minimum Gasteiger partial charge on any atom is -0.550 e. The first kappa shape index (κ1) is 14.6. The van der Waals surface area contributed by atoms with E-state index in [0.29, 0.717) is 10.0 Å². The predicted molar refractivity (Wildman–Crippen MR) is 74.1 cm³/mol. The molecular weight excluding hydrogens is 285 g/mol. The second-order valence-electron chi connectivity index (χ2n) is 5.04. The molecule has 0 spiro atoms. The van der Waals surface area contributed by atoms with Gasteiger partial charge in [0.15, 0.2) is 0 Å². The second-order valence-corrected chi connectivity index (χ2v) is 5.86. The van der Waals surface area contributed by atoms with E-state index in [1.807, 2.05) is 18.2 Å². The Morgan fingerprint density at radius 2 is 1.95 bits per heavy atom. The van der Waals surface area contributed by atoms with Crippen LogP contribution in [-0.4, -0.2) is 24.0 Å². The molecule has 0 N–H and O–H groups in total. The molecule has 0 radical (unpaired) electrons. The van der Waals surface area contributed by atoms with E-state index in [4.69, 9.17) is 23.2 Å². The first-order valence-corrected chi connectivity index (χ1v) is 7.16. The zero-order chi connectivity index (χ0) is 13.8. The van der Waals surface area contributed by atoms with Crippen LogP contribution in [0.25, 0.3) is 0 Å². The largest absolute Gasteiger partial charge is 0.550 e. The highest BCUT2D eigenvalue weighted by Crippen LogP contribution is 2.25. The third kappa shape index (κ3) is 4.37. The van der Waals surface area contributed by atoms with Gasteiger partial charge in [-0.05, 0) is 56.0 Å². The van der Waals surface area contributed by atoms with Gasteiger partial charge in [-0.3, -0.25) is 4.90 Å². The number of carboxylic acids is 1. The smallest absolute Gasteiger partial charge is 0.0595 e. The van der Waals surface area contributed by atoms with Crippen LogP contribution in [0.4, 0.5) is 0 Å². The summed E-state index contributed by atoms with van der Waals surface area (Å²) in [6, 6.07) is 5.67. The topological polar surface area (TPSA) is 43.4 Å². The fourth-order valence-electron chi connectivity index (χ4n) is 2.48. The molecule has 0 aliphatic carbocycles. The minimum absolute atomic E-state index is 0.181. The van der Waals surface area contributed by atoms with Crippen LogP contribution in [0.3, 0.4) is 0 Å². The summed E-state index contributed by atoms with van der Waals surface area (Å²) < 4.78 is 0. The maximum atomic E-state index is 10.6. The number of nitrogens with zero attached hydrogens (tertiary/aromatic N) is 1. The summed E-state index contributed by atoms with van der Waals surface area (Å²) in [5.41, 5.74) is 1.13. The Labute approximate surface area is 123 Å². The Morgan fingerprint density at radius 1 is 1.26 bits per heavy atom. The molecule has 2 rings (SSSR count). The lowest BCUT2D eigenvalue weighted by Crippen LogP contribution is -2.35. The first-order valence-electron chi connectivity index (χ1n) is 6.40. The van der Waals surface area contributed by atoms with E-state index in [-0.39, 0.29) is 12.3 Å². The van der Waals surface area contributed by atoms with Crippen LogP contribution < -0.4 is 5.11 Å². The molecule has 0 amide bonds. The number of carbonyl (C=O) groups is 1. The highest BCUT2D eigenvalue weighted by atomic mass is 35.5. The molecule has 0 bridgehead atoms. The van der Waals surface area contributed by atoms with Crippen molar-refractivity contribution in [1.29, 1.82) is 0 Å². The number of likely N-dealkylation sites (tertiary alicyclic amines) is 1. The number of aliphatic carboxylic acids is 1. The molecule has 1 saturated heterocycles. The molecule has 104 valence electrons. The fourth-order valence-corrected chi connectivity index (χ4v) is 2.80. The minimum atomic E-state index is -0.942. The summed E-state index contributed by atoms with van der Waals surface area (Å²) in [6.45, 7) is 2.66. The normalized spacial score (nSPS) is 17.6. The number of carbonyl (C=O) groups excluding carboxylic acids is 1. The van der Waals surface area contributed by atoms with E-state index in [1.54, 1.807) is 0 Å². The standard InChI is InChI=1S/C14H17Cl2NO2/c15-12-2-1-11(7-13(12)16)9-17-5-3-10(4-6-17)8-14(18)19/h1-2,7,10H,3-6,8-9H2,(H,18,19)/p-1.